The fourth-order valence-corrected chi connectivity index (χ4v) is 0.893. The molecule has 0 amide bonds. The van der Waals surface area contributed by atoms with E-state index in [-0.39, 0.29) is 0 Å². The van der Waals surface area contributed by atoms with Gasteiger partial charge in [-0.05, 0) is 39.8 Å². The molecule has 1 saturated heterocycles. The van der Waals surface area contributed by atoms with E-state index in [1.807, 2.05) is 0 Å². The minimum Gasteiger partial charge on any atom is -0.317 e. The minimum absolute atomic E-state index is 1.17. The highest BCUT2D eigenvalue weighted by atomic mass is 14.9. The third-order valence-electron chi connectivity index (χ3n) is 2.17. The van der Waals surface area contributed by atoms with Gasteiger partial charge in [-0.15, -0.1) is 0 Å². The second-order valence-electron chi connectivity index (χ2n) is 3.17. The second-order valence-corrected chi connectivity index (χ2v) is 3.17. The first kappa shape index (κ1) is 8.54. The Morgan fingerprint density at radius 2 is 1.82 bits per heavy atom. The summed E-state index contributed by atoms with van der Waals surface area (Å²) in [5.74, 6) is 0. The Morgan fingerprint density at radius 1 is 1.27 bits per heavy atom. The first-order valence-corrected chi connectivity index (χ1v) is 4.34. The topological polar surface area (TPSA) is 12.0 Å². The van der Waals surface area contributed by atoms with Crippen molar-refractivity contribution in [2.24, 2.45) is 0 Å². The van der Waals surface area contributed by atoms with Gasteiger partial charge >= 0.3 is 0 Å². The van der Waals surface area contributed by atoms with Crippen LogP contribution in [0.15, 0.2) is 23.3 Å². The van der Waals surface area contributed by atoms with Crippen LogP contribution in [-0.4, -0.2) is 13.1 Å². The molecule has 0 radical (unpaired) electrons. The summed E-state index contributed by atoms with van der Waals surface area (Å²) >= 11 is 0. The van der Waals surface area contributed by atoms with Crippen molar-refractivity contribution in [2.45, 2.75) is 26.7 Å². The molecule has 1 heterocycles. The van der Waals surface area contributed by atoms with Gasteiger partial charge in [0.1, 0.15) is 0 Å². The quantitative estimate of drug-likeness (QED) is 0.560. The molecule has 1 fully saturated rings. The summed E-state index contributed by atoms with van der Waals surface area (Å²) in [6, 6.07) is 0. The van der Waals surface area contributed by atoms with Gasteiger partial charge in [0.25, 0.3) is 0 Å². The maximum atomic E-state index is 3.11. The summed E-state index contributed by atoms with van der Waals surface area (Å²) in [4.78, 5) is 0. The van der Waals surface area contributed by atoms with Crippen molar-refractivity contribution in [3.8, 4) is 0 Å². The van der Waals surface area contributed by atoms with Crippen LogP contribution in [0.1, 0.15) is 26.7 Å². The first-order chi connectivity index (χ1) is 5.30. The standard InChI is InChI=1S/C7H10.C3H7N/c1-6-4-3-5-7(6)2;1-2-4-3-1/h3-4H,5H2,1-2H3;4H,1-3H2. The van der Waals surface area contributed by atoms with Crippen molar-refractivity contribution in [3.63, 3.8) is 0 Å². The molecule has 1 nitrogen and oxygen atoms in total. The highest BCUT2D eigenvalue weighted by Crippen LogP contribution is 2.16. The van der Waals surface area contributed by atoms with Crippen molar-refractivity contribution in [3.05, 3.63) is 23.3 Å². The predicted molar refractivity (Wildman–Crippen MR) is 49.6 cm³/mol. The van der Waals surface area contributed by atoms with E-state index in [0.29, 0.717) is 0 Å². The van der Waals surface area contributed by atoms with E-state index in [4.69, 9.17) is 0 Å². The van der Waals surface area contributed by atoms with Crippen LogP contribution in [0.25, 0.3) is 0 Å². The lowest BCUT2D eigenvalue weighted by Gasteiger charge is -2.09. The normalized spacial score (nSPS) is 20.9. The van der Waals surface area contributed by atoms with Gasteiger partial charge in [-0.3, -0.25) is 0 Å². The molecule has 0 aromatic rings. The van der Waals surface area contributed by atoms with E-state index < -0.39 is 0 Å². The third kappa shape index (κ3) is 2.89. The first-order valence-electron chi connectivity index (χ1n) is 4.34. The van der Waals surface area contributed by atoms with Crippen LogP contribution in [0.3, 0.4) is 0 Å². The lowest BCUT2D eigenvalue weighted by atomic mass is 10.2. The average Bonchev–Trinajstić information content (AvgIpc) is 2.12. The van der Waals surface area contributed by atoms with Gasteiger partial charge in [0.15, 0.2) is 0 Å². The molecule has 0 atom stereocenters. The van der Waals surface area contributed by atoms with E-state index >= 15 is 0 Å². The third-order valence-corrected chi connectivity index (χ3v) is 2.17. The van der Waals surface area contributed by atoms with Crippen LogP contribution in [0.2, 0.25) is 0 Å². The summed E-state index contributed by atoms with van der Waals surface area (Å²) in [6.07, 6.45) is 6.94. The Kier molecular flexibility index (Phi) is 3.37. The molecule has 2 rings (SSSR count). The van der Waals surface area contributed by atoms with Gasteiger partial charge in [-0.25, -0.2) is 0 Å². The molecule has 0 bridgehead atoms. The van der Waals surface area contributed by atoms with Crippen LogP contribution in [0, 0.1) is 0 Å². The molecule has 62 valence electrons. The van der Waals surface area contributed by atoms with Crippen LogP contribution < -0.4 is 5.32 Å². The van der Waals surface area contributed by atoms with Gasteiger partial charge in [-0.2, -0.15) is 0 Å². The van der Waals surface area contributed by atoms with Crippen LogP contribution in [-0.2, 0) is 0 Å². The molecule has 11 heavy (non-hydrogen) atoms. The fraction of sp³-hybridized carbons (Fsp3) is 0.600. The van der Waals surface area contributed by atoms with Gasteiger partial charge in [0, 0.05) is 0 Å². The van der Waals surface area contributed by atoms with Gasteiger partial charge in [0.05, 0.1) is 0 Å². The smallest absolute Gasteiger partial charge is 0.00368 e. The number of hydrogen-bond acceptors (Lipinski definition) is 1. The number of nitrogens with one attached hydrogen (secondary N) is 1. The molecule has 0 aromatic carbocycles. The number of rotatable bonds is 0. The van der Waals surface area contributed by atoms with E-state index in [1.165, 1.54) is 37.1 Å². The van der Waals surface area contributed by atoms with E-state index in [0.717, 1.165) is 0 Å². The summed E-state index contributed by atoms with van der Waals surface area (Å²) in [5, 5.41) is 3.11. The monoisotopic (exact) mass is 151 g/mol. The molecule has 0 saturated carbocycles. The Balaban J connectivity index is 0.000000128. The molecule has 1 aliphatic carbocycles. The highest BCUT2D eigenvalue weighted by molar-refractivity contribution is 5.30. The van der Waals surface area contributed by atoms with Crippen molar-refractivity contribution in [1.29, 1.82) is 0 Å². The summed E-state index contributed by atoms with van der Waals surface area (Å²) in [7, 11) is 0. The van der Waals surface area contributed by atoms with Crippen LogP contribution in [0.5, 0.6) is 0 Å². The fourth-order valence-electron chi connectivity index (χ4n) is 0.893. The maximum absolute atomic E-state index is 3.11. The predicted octanol–water partition coefficient (Wildman–Crippen LogP) is 2.26. The number of hydrogen-bond donors (Lipinski definition) is 1. The Hall–Kier alpha value is -0.560. The highest BCUT2D eigenvalue weighted by Gasteiger charge is 1.95. The molecule has 1 heteroatoms. The van der Waals surface area contributed by atoms with E-state index in [9.17, 15) is 0 Å². The summed E-state index contributed by atoms with van der Waals surface area (Å²) < 4.78 is 0. The van der Waals surface area contributed by atoms with Gasteiger partial charge in [-0.1, -0.05) is 23.3 Å². The zero-order valence-corrected chi connectivity index (χ0v) is 7.48. The molecule has 0 aromatic heterocycles. The molecule has 2 aliphatic rings. The maximum Gasteiger partial charge on any atom is -0.00368 e. The van der Waals surface area contributed by atoms with Crippen LogP contribution in [0.4, 0.5) is 0 Å². The lowest BCUT2D eigenvalue weighted by Crippen LogP contribution is -2.29. The van der Waals surface area contributed by atoms with Crippen LogP contribution >= 0.6 is 0 Å². The Morgan fingerprint density at radius 3 is 1.91 bits per heavy atom. The Labute approximate surface area is 69.2 Å². The van der Waals surface area contributed by atoms with Crippen molar-refractivity contribution < 1.29 is 0 Å². The van der Waals surface area contributed by atoms with E-state index in [1.54, 1.807) is 0 Å². The minimum atomic E-state index is 1.17. The number of allylic oxidation sites excluding steroid dienone is 4. The average molecular weight is 151 g/mol. The molecule has 1 aliphatic heterocycles. The Bertz CT molecular complexity index is 169. The summed E-state index contributed by atoms with van der Waals surface area (Å²) in [5.41, 5.74) is 2.96. The molecule has 1 N–H and O–H groups in total. The molecular weight excluding hydrogens is 134 g/mol. The zero-order valence-electron chi connectivity index (χ0n) is 7.48. The summed E-state index contributed by atoms with van der Waals surface area (Å²) in [6.45, 7) is 6.83. The largest absolute Gasteiger partial charge is 0.317 e. The molecule has 0 unspecified atom stereocenters. The van der Waals surface area contributed by atoms with Gasteiger partial charge in [0.2, 0.25) is 0 Å². The van der Waals surface area contributed by atoms with Crippen molar-refractivity contribution in [1.82, 2.24) is 5.32 Å². The second kappa shape index (κ2) is 4.35. The lowest BCUT2D eigenvalue weighted by molar-refractivity contribution is 0.527. The van der Waals surface area contributed by atoms with Gasteiger partial charge < -0.3 is 5.32 Å². The molecule has 0 spiro atoms. The van der Waals surface area contributed by atoms with E-state index in [2.05, 4.69) is 31.3 Å². The zero-order chi connectivity index (χ0) is 8.10. The molecular formula is C10H17N. The SMILES string of the molecule is C1CNC1.CC1=C(C)CC=C1. The van der Waals surface area contributed by atoms with Crippen molar-refractivity contribution >= 4 is 0 Å². The van der Waals surface area contributed by atoms with Crippen molar-refractivity contribution in [2.75, 3.05) is 13.1 Å².